The second kappa shape index (κ2) is 3.98. The molecule has 0 heterocycles. The minimum Gasteiger partial charge on any atom is -0.423 e. The maximum absolute atomic E-state index is 12.9. The van der Waals surface area contributed by atoms with Crippen LogP contribution in [-0.4, -0.2) is 17.2 Å². The topological polar surface area (TPSA) is 40.5 Å². The van der Waals surface area contributed by atoms with Gasteiger partial charge in [-0.15, -0.1) is 0 Å². The summed E-state index contributed by atoms with van der Waals surface area (Å²) in [5, 5.41) is 15.1. The SMILES string of the molecule is OB(O)c1c(F)c(F)c(Cl)c(F)c1Cl. The molecular weight excluding hydrogens is 243 g/mol. The van der Waals surface area contributed by atoms with E-state index in [2.05, 4.69) is 0 Å². The van der Waals surface area contributed by atoms with Crippen molar-refractivity contribution < 1.29 is 23.2 Å². The molecule has 2 nitrogen and oxygen atoms in total. The molecule has 0 aliphatic rings. The zero-order chi connectivity index (χ0) is 11.0. The van der Waals surface area contributed by atoms with Gasteiger partial charge in [-0.25, -0.2) is 13.2 Å². The lowest BCUT2D eigenvalue weighted by molar-refractivity contribution is 0.419. The van der Waals surface area contributed by atoms with Gasteiger partial charge in [-0.05, 0) is 0 Å². The molecule has 1 aromatic rings. The van der Waals surface area contributed by atoms with Crippen molar-refractivity contribution in [3.63, 3.8) is 0 Å². The molecule has 8 heteroatoms. The van der Waals surface area contributed by atoms with E-state index in [4.69, 9.17) is 33.2 Å². The number of hydrogen-bond acceptors (Lipinski definition) is 2. The summed E-state index contributed by atoms with van der Waals surface area (Å²) >= 11 is 10.2. The largest absolute Gasteiger partial charge is 0.493 e. The molecule has 1 aromatic carbocycles. The standard InChI is InChI=1S/C6H2BCl2F3O2/c8-2-1(7(13)14)4(10)6(12)3(9)5(2)11/h13-14H. The van der Waals surface area contributed by atoms with Gasteiger partial charge in [0.25, 0.3) is 0 Å². The van der Waals surface area contributed by atoms with Crippen LogP contribution in [0, 0.1) is 17.5 Å². The molecule has 0 aliphatic heterocycles. The van der Waals surface area contributed by atoms with Crippen molar-refractivity contribution in [2.24, 2.45) is 0 Å². The fraction of sp³-hybridized carbons (Fsp3) is 0. The smallest absolute Gasteiger partial charge is 0.423 e. The van der Waals surface area contributed by atoms with Gasteiger partial charge in [-0.1, -0.05) is 23.2 Å². The zero-order valence-electron chi connectivity index (χ0n) is 6.36. The highest BCUT2D eigenvalue weighted by molar-refractivity contribution is 6.63. The van der Waals surface area contributed by atoms with E-state index in [1.54, 1.807) is 0 Å². The van der Waals surface area contributed by atoms with Crippen LogP contribution in [0.4, 0.5) is 13.2 Å². The highest BCUT2D eigenvalue weighted by Gasteiger charge is 2.29. The number of halogens is 5. The summed E-state index contributed by atoms with van der Waals surface area (Å²) in [4.78, 5) is 0. The van der Waals surface area contributed by atoms with Gasteiger partial charge in [0.15, 0.2) is 17.5 Å². The highest BCUT2D eigenvalue weighted by Crippen LogP contribution is 2.26. The quantitative estimate of drug-likeness (QED) is 0.441. The van der Waals surface area contributed by atoms with Gasteiger partial charge in [0, 0.05) is 5.46 Å². The fourth-order valence-corrected chi connectivity index (χ4v) is 1.35. The van der Waals surface area contributed by atoms with Crippen molar-refractivity contribution in [2.45, 2.75) is 0 Å². The van der Waals surface area contributed by atoms with Crippen LogP contribution in [0.25, 0.3) is 0 Å². The van der Waals surface area contributed by atoms with Crippen molar-refractivity contribution in [2.75, 3.05) is 0 Å². The Morgan fingerprint density at radius 3 is 1.79 bits per heavy atom. The van der Waals surface area contributed by atoms with Crippen LogP contribution in [0.5, 0.6) is 0 Å². The molecule has 2 N–H and O–H groups in total. The molecule has 0 radical (unpaired) electrons. The molecule has 0 unspecified atom stereocenters. The first kappa shape index (κ1) is 11.6. The second-order valence-corrected chi connectivity index (χ2v) is 3.11. The summed E-state index contributed by atoms with van der Waals surface area (Å²) in [5.74, 6) is -4.83. The van der Waals surface area contributed by atoms with E-state index in [0.29, 0.717) is 0 Å². The minimum atomic E-state index is -2.41. The van der Waals surface area contributed by atoms with Gasteiger partial charge in [-0.3, -0.25) is 0 Å². The second-order valence-electron chi connectivity index (χ2n) is 2.36. The van der Waals surface area contributed by atoms with E-state index < -0.39 is 40.1 Å². The van der Waals surface area contributed by atoms with Crippen LogP contribution in [0.15, 0.2) is 0 Å². The van der Waals surface area contributed by atoms with E-state index in [1.807, 2.05) is 0 Å². The van der Waals surface area contributed by atoms with Crippen LogP contribution in [-0.2, 0) is 0 Å². The third kappa shape index (κ3) is 1.70. The third-order valence-electron chi connectivity index (χ3n) is 1.50. The Labute approximate surface area is 87.0 Å². The van der Waals surface area contributed by atoms with Crippen molar-refractivity contribution in [1.82, 2.24) is 0 Å². The predicted molar refractivity (Wildman–Crippen MR) is 46.2 cm³/mol. The maximum atomic E-state index is 12.9. The maximum Gasteiger partial charge on any atom is 0.493 e. The molecule has 14 heavy (non-hydrogen) atoms. The first-order valence-electron chi connectivity index (χ1n) is 3.25. The molecule has 0 amide bonds. The van der Waals surface area contributed by atoms with Gasteiger partial charge in [0.2, 0.25) is 0 Å². The number of hydrogen-bond donors (Lipinski definition) is 2. The van der Waals surface area contributed by atoms with Crippen LogP contribution in [0.3, 0.4) is 0 Å². The molecule has 0 aliphatic carbocycles. The fourth-order valence-electron chi connectivity index (χ4n) is 0.849. The lowest BCUT2D eigenvalue weighted by atomic mass is 9.79. The van der Waals surface area contributed by atoms with Crippen molar-refractivity contribution in [3.05, 3.63) is 27.5 Å². The summed E-state index contributed by atoms with van der Waals surface area (Å²) in [6.07, 6.45) is 0. The molecule has 76 valence electrons. The Hall–Kier alpha value is -0.425. The van der Waals surface area contributed by atoms with Crippen LogP contribution >= 0.6 is 23.2 Å². The van der Waals surface area contributed by atoms with Gasteiger partial charge in [0.05, 0.1) is 5.02 Å². The molecule has 0 bridgehead atoms. The first-order valence-corrected chi connectivity index (χ1v) is 4.01. The predicted octanol–water partition coefficient (Wildman–Crippen LogP) is 1.09. The molecule has 0 spiro atoms. The highest BCUT2D eigenvalue weighted by atomic mass is 35.5. The molecule has 0 atom stereocenters. The van der Waals surface area contributed by atoms with Crippen molar-refractivity contribution in [3.8, 4) is 0 Å². The van der Waals surface area contributed by atoms with Crippen LogP contribution < -0.4 is 5.46 Å². The summed E-state index contributed by atoms with van der Waals surface area (Å²) in [5.41, 5.74) is -1.08. The molecule has 0 saturated carbocycles. The van der Waals surface area contributed by atoms with E-state index in [1.165, 1.54) is 0 Å². The van der Waals surface area contributed by atoms with Gasteiger partial charge < -0.3 is 10.0 Å². The van der Waals surface area contributed by atoms with E-state index in [9.17, 15) is 13.2 Å². The van der Waals surface area contributed by atoms with E-state index in [-0.39, 0.29) is 0 Å². The Balaban J connectivity index is 3.60. The van der Waals surface area contributed by atoms with Crippen molar-refractivity contribution in [1.29, 1.82) is 0 Å². The first-order chi connectivity index (χ1) is 6.37. The minimum absolute atomic E-state index is 0.955. The van der Waals surface area contributed by atoms with Gasteiger partial charge in [-0.2, -0.15) is 0 Å². The molecule has 0 aromatic heterocycles. The Morgan fingerprint density at radius 1 is 0.857 bits per heavy atom. The Morgan fingerprint density at radius 2 is 1.36 bits per heavy atom. The molecule has 0 saturated heterocycles. The summed E-state index contributed by atoms with van der Waals surface area (Å²) in [6, 6.07) is 0. The van der Waals surface area contributed by atoms with E-state index >= 15 is 0 Å². The Bertz CT molecular complexity index is 357. The summed E-state index contributed by atoms with van der Waals surface area (Å²) in [6.45, 7) is 0. The van der Waals surface area contributed by atoms with Crippen LogP contribution in [0.1, 0.15) is 0 Å². The normalized spacial score (nSPS) is 10.5. The van der Waals surface area contributed by atoms with Gasteiger partial charge in [0.1, 0.15) is 5.02 Å². The van der Waals surface area contributed by atoms with Crippen molar-refractivity contribution >= 4 is 35.8 Å². The van der Waals surface area contributed by atoms with E-state index in [0.717, 1.165) is 0 Å². The number of rotatable bonds is 1. The van der Waals surface area contributed by atoms with Gasteiger partial charge >= 0.3 is 7.12 Å². The average Bonchev–Trinajstić information content (AvgIpc) is 2.11. The lowest BCUT2D eigenvalue weighted by Gasteiger charge is -2.08. The Kier molecular flexibility index (Phi) is 3.31. The average molecular weight is 245 g/mol. The van der Waals surface area contributed by atoms with Crippen LogP contribution in [0.2, 0.25) is 10.0 Å². The third-order valence-corrected chi connectivity index (χ3v) is 2.20. The summed E-state index contributed by atoms with van der Waals surface area (Å²) < 4.78 is 38.6. The zero-order valence-corrected chi connectivity index (χ0v) is 7.87. The monoisotopic (exact) mass is 244 g/mol. The molecular formula is C6H2BCl2F3O2. The lowest BCUT2D eigenvalue weighted by Crippen LogP contribution is -2.35. The summed E-state index contributed by atoms with van der Waals surface area (Å²) in [7, 11) is -2.41. The molecule has 1 rings (SSSR count). The molecule has 0 fully saturated rings. The number of benzene rings is 1.